The molecule has 2 N–H and O–H groups in total. The van der Waals surface area contributed by atoms with E-state index in [1.54, 1.807) is 12.1 Å². The molecule has 0 spiro atoms. The summed E-state index contributed by atoms with van der Waals surface area (Å²) in [6.07, 6.45) is 2.76. The number of amides is 1. The number of rotatable bonds is 5. The molecule has 1 aliphatic carbocycles. The number of aliphatic hydroxyl groups is 1. The van der Waals surface area contributed by atoms with Gasteiger partial charge in [0.05, 0.1) is 5.54 Å². The maximum atomic E-state index is 13.2. The Bertz CT molecular complexity index is 712. The van der Waals surface area contributed by atoms with Crippen LogP contribution in [0.25, 0.3) is 0 Å². The van der Waals surface area contributed by atoms with Crippen molar-refractivity contribution in [2.24, 2.45) is 0 Å². The summed E-state index contributed by atoms with van der Waals surface area (Å²) in [4.78, 5) is 12.4. The monoisotopic (exact) mass is 357 g/mol. The van der Waals surface area contributed by atoms with Crippen molar-refractivity contribution < 1.29 is 19.0 Å². The molecule has 26 heavy (non-hydrogen) atoms. The third-order valence-electron chi connectivity index (χ3n) is 5.02. The lowest BCUT2D eigenvalue weighted by atomic mass is 9.75. The van der Waals surface area contributed by atoms with E-state index >= 15 is 0 Å². The number of alkyl carbamates (subject to hydrolysis) is 1. The fourth-order valence-electron chi connectivity index (χ4n) is 3.58. The summed E-state index contributed by atoms with van der Waals surface area (Å²) in [6.45, 7) is 0.176. The first-order valence-electron chi connectivity index (χ1n) is 9.01. The Hall–Kier alpha value is -2.40. The van der Waals surface area contributed by atoms with E-state index in [-0.39, 0.29) is 12.4 Å². The van der Waals surface area contributed by atoms with Crippen LogP contribution in [-0.4, -0.2) is 16.7 Å². The fraction of sp³-hybridized carbons (Fsp3) is 0.381. The van der Waals surface area contributed by atoms with Gasteiger partial charge >= 0.3 is 6.09 Å². The van der Waals surface area contributed by atoms with Gasteiger partial charge in [-0.05, 0) is 36.1 Å². The Morgan fingerprint density at radius 1 is 1.08 bits per heavy atom. The maximum Gasteiger partial charge on any atom is 0.408 e. The van der Waals surface area contributed by atoms with E-state index in [9.17, 15) is 14.3 Å². The average molecular weight is 357 g/mol. The molecular formula is C21H24FNO3. The molecule has 2 aromatic rings. The van der Waals surface area contributed by atoms with Crippen LogP contribution in [0, 0.1) is 5.82 Å². The minimum atomic E-state index is -0.910. The van der Waals surface area contributed by atoms with Crippen molar-refractivity contribution in [1.82, 2.24) is 5.32 Å². The summed E-state index contributed by atoms with van der Waals surface area (Å²) in [7, 11) is 0. The first-order valence-corrected chi connectivity index (χ1v) is 9.01. The number of carbonyl (C=O) groups excluding carboxylic acids is 1. The number of nitrogens with one attached hydrogen (secondary N) is 1. The van der Waals surface area contributed by atoms with Crippen LogP contribution in [0.15, 0.2) is 54.6 Å². The van der Waals surface area contributed by atoms with Gasteiger partial charge in [0.15, 0.2) is 0 Å². The third-order valence-corrected chi connectivity index (χ3v) is 5.02. The highest BCUT2D eigenvalue weighted by atomic mass is 19.1. The second kappa shape index (κ2) is 8.32. The minimum Gasteiger partial charge on any atom is -0.445 e. The van der Waals surface area contributed by atoms with E-state index in [1.807, 2.05) is 30.3 Å². The van der Waals surface area contributed by atoms with Gasteiger partial charge in [0, 0.05) is 0 Å². The summed E-state index contributed by atoms with van der Waals surface area (Å²) in [5.74, 6) is -0.353. The van der Waals surface area contributed by atoms with Crippen LogP contribution in [0.2, 0.25) is 0 Å². The van der Waals surface area contributed by atoms with Crippen LogP contribution in [0.3, 0.4) is 0 Å². The first-order chi connectivity index (χ1) is 12.6. The van der Waals surface area contributed by atoms with E-state index in [2.05, 4.69) is 5.32 Å². The van der Waals surface area contributed by atoms with Gasteiger partial charge < -0.3 is 15.2 Å². The number of ether oxygens (including phenoxy) is 1. The minimum absolute atomic E-state index is 0.176. The second-order valence-corrected chi connectivity index (χ2v) is 6.86. The Morgan fingerprint density at radius 2 is 1.73 bits per heavy atom. The number of benzene rings is 2. The first kappa shape index (κ1) is 18.4. The van der Waals surface area contributed by atoms with Crippen LogP contribution in [0.4, 0.5) is 9.18 Å². The molecule has 1 atom stereocenters. The van der Waals surface area contributed by atoms with Gasteiger partial charge in [0.1, 0.15) is 18.5 Å². The molecule has 4 nitrogen and oxygen atoms in total. The lowest BCUT2D eigenvalue weighted by Crippen LogP contribution is -2.54. The van der Waals surface area contributed by atoms with Gasteiger partial charge in [-0.15, -0.1) is 0 Å². The fourth-order valence-corrected chi connectivity index (χ4v) is 3.58. The summed E-state index contributed by atoms with van der Waals surface area (Å²) in [5, 5.41) is 13.8. The predicted molar refractivity (Wildman–Crippen MR) is 96.9 cm³/mol. The molecule has 1 amide bonds. The average Bonchev–Trinajstić information content (AvgIpc) is 2.68. The van der Waals surface area contributed by atoms with Crippen LogP contribution >= 0.6 is 0 Å². The molecule has 0 aromatic heterocycles. The number of halogens is 1. The Balaban J connectivity index is 1.70. The molecule has 1 unspecified atom stereocenters. The number of hydrogen-bond acceptors (Lipinski definition) is 3. The molecule has 0 radical (unpaired) electrons. The van der Waals surface area contributed by atoms with Crippen LogP contribution < -0.4 is 5.32 Å². The lowest BCUT2D eigenvalue weighted by Gasteiger charge is -2.41. The molecule has 0 bridgehead atoms. The van der Waals surface area contributed by atoms with E-state index in [0.29, 0.717) is 18.4 Å². The normalized spacial score (nSPS) is 17.3. The molecule has 1 saturated carbocycles. The predicted octanol–water partition coefficient (Wildman–Crippen LogP) is 4.49. The summed E-state index contributed by atoms with van der Waals surface area (Å²) >= 11 is 0. The highest BCUT2D eigenvalue weighted by Gasteiger charge is 2.41. The maximum absolute atomic E-state index is 13.2. The van der Waals surface area contributed by atoms with Crippen molar-refractivity contribution in [3.63, 3.8) is 0 Å². The zero-order valence-corrected chi connectivity index (χ0v) is 14.7. The van der Waals surface area contributed by atoms with Crippen LogP contribution in [0.5, 0.6) is 0 Å². The zero-order valence-electron chi connectivity index (χ0n) is 14.7. The van der Waals surface area contributed by atoms with Crippen molar-refractivity contribution in [1.29, 1.82) is 0 Å². The van der Waals surface area contributed by atoms with Gasteiger partial charge in [0.2, 0.25) is 0 Å². The molecule has 0 saturated heterocycles. The highest BCUT2D eigenvalue weighted by Crippen LogP contribution is 2.38. The Morgan fingerprint density at radius 3 is 2.38 bits per heavy atom. The number of carbonyl (C=O) groups is 1. The summed E-state index contributed by atoms with van der Waals surface area (Å²) in [6, 6.07) is 15.2. The van der Waals surface area contributed by atoms with E-state index in [1.165, 1.54) is 12.1 Å². The third kappa shape index (κ3) is 4.41. The van der Waals surface area contributed by atoms with Crippen molar-refractivity contribution >= 4 is 6.09 Å². The Labute approximate surface area is 153 Å². The standard InChI is InChI=1S/C21H24FNO3/c22-18-11-9-17(10-12-18)19(24)21(13-5-2-6-14-21)23-20(25)26-15-16-7-3-1-4-8-16/h1,3-4,7-12,19,24H,2,5-6,13-15H2,(H,23,25). The van der Waals surface area contributed by atoms with Crippen molar-refractivity contribution in [3.8, 4) is 0 Å². The molecule has 1 aliphatic rings. The largest absolute Gasteiger partial charge is 0.445 e. The second-order valence-electron chi connectivity index (χ2n) is 6.86. The van der Waals surface area contributed by atoms with Gasteiger partial charge in [0.25, 0.3) is 0 Å². The highest BCUT2D eigenvalue weighted by molar-refractivity contribution is 5.68. The zero-order chi connectivity index (χ0) is 18.4. The van der Waals surface area contributed by atoms with Gasteiger partial charge in [-0.25, -0.2) is 9.18 Å². The van der Waals surface area contributed by atoms with Crippen molar-refractivity contribution in [3.05, 3.63) is 71.5 Å². The topological polar surface area (TPSA) is 58.6 Å². The smallest absolute Gasteiger partial charge is 0.408 e. The Kier molecular flexibility index (Phi) is 5.89. The van der Waals surface area contributed by atoms with Gasteiger partial charge in [-0.1, -0.05) is 61.7 Å². The van der Waals surface area contributed by atoms with E-state index < -0.39 is 17.7 Å². The molecule has 3 rings (SSSR count). The summed E-state index contributed by atoms with van der Waals surface area (Å²) in [5.41, 5.74) is 0.709. The van der Waals surface area contributed by atoms with Crippen molar-refractivity contribution in [2.75, 3.05) is 0 Å². The quantitative estimate of drug-likeness (QED) is 0.829. The molecular weight excluding hydrogens is 333 g/mol. The van der Waals surface area contributed by atoms with E-state index in [0.717, 1.165) is 24.8 Å². The van der Waals surface area contributed by atoms with Gasteiger partial charge in [-0.2, -0.15) is 0 Å². The molecule has 1 fully saturated rings. The molecule has 5 heteroatoms. The molecule has 2 aromatic carbocycles. The summed E-state index contributed by atoms with van der Waals surface area (Å²) < 4.78 is 18.5. The molecule has 138 valence electrons. The number of hydrogen-bond donors (Lipinski definition) is 2. The van der Waals surface area contributed by atoms with Gasteiger partial charge in [-0.3, -0.25) is 0 Å². The lowest BCUT2D eigenvalue weighted by molar-refractivity contribution is 0.0266. The van der Waals surface area contributed by atoms with E-state index in [4.69, 9.17) is 4.74 Å². The molecule has 0 heterocycles. The van der Waals surface area contributed by atoms with Crippen molar-refractivity contribution in [2.45, 2.75) is 50.4 Å². The SMILES string of the molecule is O=C(NC1(C(O)c2ccc(F)cc2)CCCCC1)OCc1ccccc1. The van der Waals surface area contributed by atoms with Crippen LogP contribution in [0.1, 0.15) is 49.3 Å². The van der Waals surface area contributed by atoms with Crippen LogP contribution in [-0.2, 0) is 11.3 Å². The molecule has 0 aliphatic heterocycles. The number of aliphatic hydroxyl groups excluding tert-OH is 1.